The SMILES string of the molecule is CC[C@H](C)[C@@H]1NC(=O)[C@@H](CC(C)C)NC(=O)[C@@H](C(C)C)NC(=O)[C@H](Cc2c[nH]c3ccc(Cl)cc23)NC(=O)C(C(O)C(N)=O)NC(=O)[C@H](CCCN)NC1=O. The maximum absolute atomic E-state index is 14.2. The van der Waals surface area contributed by atoms with E-state index in [0.29, 0.717) is 27.9 Å². The lowest BCUT2D eigenvalue weighted by molar-refractivity contribution is -0.141. The lowest BCUT2D eigenvalue weighted by Crippen LogP contribution is -2.65. The zero-order valence-corrected chi connectivity index (χ0v) is 32.9. The highest BCUT2D eigenvalue weighted by Crippen LogP contribution is 2.24. The Hall–Kier alpha value is -4.74. The number of benzene rings is 1. The van der Waals surface area contributed by atoms with Crippen molar-refractivity contribution in [2.24, 2.45) is 29.2 Å². The summed E-state index contributed by atoms with van der Waals surface area (Å²) in [7, 11) is 0. The van der Waals surface area contributed by atoms with Crippen LogP contribution in [0.15, 0.2) is 24.4 Å². The van der Waals surface area contributed by atoms with Crippen LogP contribution in [0.2, 0.25) is 5.02 Å². The van der Waals surface area contributed by atoms with Crippen molar-refractivity contribution < 1.29 is 38.7 Å². The molecule has 18 heteroatoms. The molecule has 1 aliphatic rings. The normalized spacial score (nSPS) is 24.9. The maximum atomic E-state index is 14.2. The summed E-state index contributed by atoms with van der Waals surface area (Å²) >= 11 is 6.26. The van der Waals surface area contributed by atoms with Gasteiger partial charge in [-0.1, -0.05) is 59.6 Å². The van der Waals surface area contributed by atoms with Gasteiger partial charge in [-0.05, 0) is 67.3 Å². The number of aliphatic hydroxyl groups is 1. The third-order valence-electron chi connectivity index (χ3n) is 9.68. The Morgan fingerprint density at radius 1 is 0.782 bits per heavy atom. The highest BCUT2D eigenvalue weighted by atomic mass is 35.5. The minimum absolute atomic E-state index is 0.0208. The second-order valence-electron chi connectivity index (χ2n) is 14.9. The van der Waals surface area contributed by atoms with Gasteiger partial charge in [-0.3, -0.25) is 33.6 Å². The third kappa shape index (κ3) is 12.1. The number of halogens is 1. The molecule has 2 aromatic rings. The van der Waals surface area contributed by atoms with E-state index in [1.165, 1.54) is 0 Å². The van der Waals surface area contributed by atoms with E-state index < -0.39 is 95.5 Å². The number of hydrogen-bond acceptors (Lipinski definition) is 9. The first kappa shape index (κ1) is 44.7. The van der Waals surface area contributed by atoms with E-state index in [0.717, 1.165) is 0 Å². The zero-order valence-electron chi connectivity index (χ0n) is 32.2. The lowest BCUT2D eigenvalue weighted by Gasteiger charge is -2.32. The van der Waals surface area contributed by atoms with Gasteiger partial charge in [-0.2, -0.15) is 0 Å². The molecule has 2 unspecified atom stereocenters. The number of hydrogen-bond donors (Lipinski definition) is 10. The number of carbonyl (C=O) groups is 7. The fourth-order valence-electron chi connectivity index (χ4n) is 6.28. The standard InChI is InChI=1S/C37H56ClN9O8/c1-7-19(6)28-36(54)42-24(9-8-12-39)32(50)47-29(30(48)31(40)49)37(55)44-26(14-20-16-41-23-11-10-21(38)15-22(20)23)34(52)45-27(18(4)5)35(53)43-25(13-17(2)3)33(51)46-28/h10-11,15-19,24-30,41,48H,7-9,12-14,39H2,1-6H3,(H2,40,49)(H,42,54)(H,43,53)(H,44,55)(H,45,52)(H,46,51)(H,47,50)/t19-,24-,25+,26-,27+,28-,29?,30?/m0/s1. The first-order valence-corrected chi connectivity index (χ1v) is 19.0. The molecule has 1 aromatic carbocycles. The highest BCUT2D eigenvalue weighted by Gasteiger charge is 2.39. The van der Waals surface area contributed by atoms with Crippen LogP contribution in [0.4, 0.5) is 0 Å². The molecule has 304 valence electrons. The molecule has 1 aromatic heterocycles. The number of carbonyl (C=O) groups excluding carboxylic acids is 7. The Morgan fingerprint density at radius 2 is 1.33 bits per heavy atom. The summed E-state index contributed by atoms with van der Waals surface area (Å²) < 4.78 is 0. The number of aromatic amines is 1. The van der Waals surface area contributed by atoms with Crippen molar-refractivity contribution in [1.29, 1.82) is 0 Å². The Kier molecular flexibility index (Phi) is 16.4. The van der Waals surface area contributed by atoms with Gasteiger partial charge in [0.25, 0.3) is 0 Å². The van der Waals surface area contributed by atoms with Crippen LogP contribution in [0, 0.1) is 17.8 Å². The quantitative estimate of drug-likeness (QED) is 0.134. The molecule has 3 rings (SSSR count). The van der Waals surface area contributed by atoms with Crippen molar-refractivity contribution in [3.63, 3.8) is 0 Å². The molecule has 2 heterocycles. The average molecular weight is 790 g/mol. The Bertz CT molecular complexity index is 1720. The molecule has 1 fully saturated rings. The summed E-state index contributed by atoms with van der Waals surface area (Å²) in [4.78, 5) is 99.0. The number of nitrogens with two attached hydrogens (primary N) is 2. The van der Waals surface area contributed by atoms with Crippen molar-refractivity contribution in [2.75, 3.05) is 6.54 Å². The van der Waals surface area contributed by atoms with Crippen molar-refractivity contribution in [3.8, 4) is 0 Å². The molecule has 55 heavy (non-hydrogen) atoms. The van der Waals surface area contributed by atoms with E-state index in [2.05, 4.69) is 36.9 Å². The Labute approximate surface area is 325 Å². The fourth-order valence-corrected chi connectivity index (χ4v) is 6.45. The summed E-state index contributed by atoms with van der Waals surface area (Å²) in [6, 6.07) is -3.26. The smallest absolute Gasteiger partial charge is 0.248 e. The molecule has 1 aliphatic heterocycles. The Balaban J connectivity index is 2.19. The van der Waals surface area contributed by atoms with E-state index >= 15 is 0 Å². The second kappa shape index (κ2) is 20.3. The number of primary amides is 1. The first-order chi connectivity index (χ1) is 25.9. The van der Waals surface area contributed by atoms with E-state index in [1.807, 2.05) is 20.8 Å². The van der Waals surface area contributed by atoms with Gasteiger partial charge in [-0.15, -0.1) is 0 Å². The number of fused-ring (bicyclic) bond motifs is 1. The topological polar surface area (TPSA) is 280 Å². The van der Waals surface area contributed by atoms with Crippen LogP contribution in [0.1, 0.15) is 72.8 Å². The molecule has 1 saturated heterocycles. The molecule has 17 nitrogen and oxygen atoms in total. The molecule has 0 radical (unpaired) electrons. The zero-order chi connectivity index (χ0) is 41.1. The van der Waals surface area contributed by atoms with Crippen LogP contribution < -0.4 is 43.4 Å². The first-order valence-electron chi connectivity index (χ1n) is 18.6. The van der Waals surface area contributed by atoms with E-state index in [1.54, 1.807) is 45.2 Å². The number of aliphatic hydroxyl groups excluding tert-OH is 1. The van der Waals surface area contributed by atoms with Crippen LogP contribution >= 0.6 is 11.6 Å². The largest absolute Gasteiger partial charge is 0.381 e. The molecule has 0 bridgehead atoms. The molecule has 12 N–H and O–H groups in total. The monoisotopic (exact) mass is 789 g/mol. The molecular formula is C37H56ClN9O8. The summed E-state index contributed by atoms with van der Waals surface area (Å²) in [6.45, 7) is 10.8. The summed E-state index contributed by atoms with van der Waals surface area (Å²) in [5, 5.41) is 27.6. The maximum Gasteiger partial charge on any atom is 0.248 e. The summed E-state index contributed by atoms with van der Waals surface area (Å²) in [6.07, 6.45) is 0.0242. The van der Waals surface area contributed by atoms with Gasteiger partial charge in [0.1, 0.15) is 36.3 Å². The summed E-state index contributed by atoms with van der Waals surface area (Å²) in [5.74, 6) is -7.39. The van der Waals surface area contributed by atoms with Gasteiger partial charge < -0.3 is 53.5 Å². The molecule has 7 amide bonds. The van der Waals surface area contributed by atoms with E-state index in [4.69, 9.17) is 23.1 Å². The van der Waals surface area contributed by atoms with Crippen LogP contribution in [-0.4, -0.2) is 100 Å². The fraction of sp³-hybridized carbons (Fsp3) is 0.595. The number of nitrogens with one attached hydrogen (secondary N) is 7. The predicted molar refractivity (Wildman–Crippen MR) is 206 cm³/mol. The van der Waals surface area contributed by atoms with Crippen LogP contribution in [0.3, 0.4) is 0 Å². The minimum atomic E-state index is -2.27. The van der Waals surface area contributed by atoms with Crippen molar-refractivity contribution in [2.45, 2.75) is 116 Å². The molecule has 0 spiro atoms. The van der Waals surface area contributed by atoms with Crippen LogP contribution in [0.25, 0.3) is 10.9 Å². The number of H-pyrrole nitrogens is 1. The van der Waals surface area contributed by atoms with Crippen LogP contribution in [0.5, 0.6) is 0 Å². The molecule has 0 aliphatic carbocycles. The van der Waals surface area contributed by atoms with Crippen molar-refractivity contribution in [3.05, 3.63) is 35.0 Å². The predicted octanol–water partition coefficient (Wildman–Crippen LogP) is -0.380. The number of amides is 7. The van der Waals surface area contributed by atoms with E-state index in [9.17, 15) is 38.7 Å². The van der Waals surface area contributed by atoms with Gasteiger partial charge in [-0.25, -0.2) is 0 Å². The second-order valence-corrected chi connectivity index (χ2v) is 15.3. The third-order valence-corrected chi connectivity index (χ3v) is 9.92. The lowest BCUT2D eigenvalue weighted by atomic mass is 9.95. The van der Waals surface area contributed by atoms with Gasteiger partial charge in [0, 0.05) is 28.5 Å². The highest BCUT2D eigenvalue weighted by molar-refractivity contribution is 6.31. The van der Waals surface area contributed by atoms with Crippen molar-refractivity contribution >= 4 is 63.9 Å². The molecule has 0 saturated carbocycles. The minimum Gasteiger partial charge on any atom is -0.381 e. The van der Waals surface area contributed by atoms with Crippen LogP contribution in [-0.2, 0) is 40.0 Å². The van der Waals surface area contributed by atoms with Gasteiger partial charge >= 0.3 is 0 Å². The molecule has 8 atom stereocenters. The van der Waals surface area contributed by atoms with E-state index in [-0.39, 0.29) is 38.1 Å². The summed E-state index contributed by atoms with van der Waals surface area (Å²) in [5.41, 5.74) is 12.3. The van der Waals surface area contributed by atoms with Gasteiger partial charge in [0.15, 0.2) is 6.10 Å². The van der Waals surface area contributed by atoms with Gasteiger partial charge in [0.05, 0.1) is 0 Å². The Morgan fingerprint density at radius 3 is 1.93 bits per heavy atom. The van der Waals surface area contributed by atoms with Crippen molar-refractivity contribution in [1.82, 2.24) is 36.9 Å². The number of aromatic nitrogens is 1. The molecular weight excluding hydrogens is 734 g/mol. The number of rotatable bonds is 12. The van der Waals surface area contributed by atoms with Gasteiger partial charge in [0.2, 0.25) is 41.4 Å². The average Bonchev–Trinajstić information content (AvgIpc) is 3.52.